The van der Waals surface area contributed by atoms with Crippen LogP contribution >= 0.6 is 22.9 Å². The number of hydrogen-bond acceptors (Lipinski definition) is 6. The van der Waals surface area contributed by atoms with E-state index in [4.69, 9.17) is 16.3 Å². The fraction of sp³-hybridized carbons (Fsp3) is 0.357. The molecule has 0 aliphatic carbocycles. The highest BCUT2D eigenvalue weighted by Crippen LogP contribution is 2.30. The van der Waals surface area contributed by atoms with Crippen molar-refractivity contribution in [2.24, 2.45) is 0 Å². The van der Waals surface area contributed by atoms with E-state index in [9.17, 15) is 8.42 Å². The van der Waals surface area contributed by atoms with Crippen LogP contribution in [0.1, 0.15) is 12.8 Å². The van der Waals surface area contributed by atoms with Gasteiger partial charge in [-0.1, -0.05) is 11.6 Å². The number of hydrogen-bond donors (Lipinski definition) is 2. The van der Waals surface area contributed by atoms with Crippen LogP contribution in [0.4, 0.5) is 5.13 Å². The predicted molar refractivity (Wildman–Crippen MR) is 90.9 cm³/mol. The molecule has 1 aromatic carbocycles. The second-order valence-corrected chi connectivity index (χ2v) is 8.09. The normalized spacial score (nSPS) is 16.2. The minimum Gasteiger partial charge on any atom is -0.489 e. The van der Waals surface area contributed by atoms with Crippen LogP contribution in [0.5, 0.6) is 5.75 Å². The van der Waals surface area contributed by atoms with Crippen LogP contribution in [0.3, 0.4) is 0 Å². The number of anilines is 1. The van der Waals surface area contributed by atoms with Crippen molar-refractivity contribution in [1.29, 1.82) is 0 Å². The fourth-order valence-electron chi connectivity index (χ4n) is 2.28. The van der Waals surface area contributed by atoms with E-state index >= 15 is 0 Å². The number of aromatic nitrogens is 1. The van der Waals surface area contributed by atoms with Crippen LogP contribution in [0, 0.1) is 0 Å². The molecule has 0 spiro atoms. The summed E-state index contributed by atoms with van der Waals surface area (Å²) in [7, 11) is -3.71. The summed E-state index contributed by atoms with van der Waals surface area (Å²) in [5.74, 6) is 0.506. The number of piperidine rings is 1. The summed E-state index contributed by atoms with van der Waals surface area (Å²) in [5, 5.41) is 5.55. The SMILES string of the molecule is O=S(=O)(Nc1nccs1)c1ccc(OC2CCNCC2)c(Cl)c1. The molecule has 0 radical (unpaired) electrons. The molecular weight excluding hydrogens is 358 g/mol. The molecule has 1 fully saturated rings. The van der Waals surface area contributed by atoms with Gasteiger partial charge < -0.3 is 10.1 Å². The third-order valence-electron chi connectivity index (χ3n) is 3.45. The summed E-state index contributed by atoms with van der Waals surface area (Å²) < 4.78 is 32.9. The van der Waals surface area contributed by atoms with Gasteiger partial charge in [-0.25, -0.2) is 13.4 Å². The first-order valence-electron chi connectivity index (χ1n) is 7.14. The molecule has 124 valence electrons. The van der Waals surface area contributed by atoms with Crippen LogP contribution in [0.15, 0.2) is 34.7 Å². The predicted octanol–water partition coefficient (Wildman–Crippen LogP) is 2.73. The highest BCUT2D eigenvalue weighted by molar-refractivity contribution is 7.93. The van der Waals surface area contributed by atoms with Gasteiger partial charge in [0.2, 0.25) is 0 Å². The molecule has 6 nitrogen and oxygen atoms in total. The molecule has 23 heavy (non-hydrogen) atoms. The Morgan fingerprint density at radius 2 is 2.13 bits per heavy atom. The first kappa shape index (κ1) is 16.5. The zero-order valence-corrected chi connectivity index (χ0v) is 14.5. The van der Waals surface area contributed by atoms with Gasteiger partial charge >= 0.3 is 0 Å². The largest absolute Gasteiger partial charge is 0.489 e. The molecule has 1 aromatic heterocycles. The minimum atomic E-state index is -3.71. The highest BCUT2D eigenvalue weighted by atomic mass is 35.5. The Balaban J connectivity index is 1.75. The topological polar surface area (TPSA) is 80.3 Å². The second-order valence-electron chi connectivity index (χ2n) is 5.10. The number of halogens is 1. The van der Waals surface area contributed by atoms with Gasteiger partial charge in [-0.2, -0.15) is 0 Å². The molecule has 0 bridgehead atoms. The maximum Gasteiger partial charge on any atom is 0.263 e. The van der Waals surface area contributed by atoms with Gasteiger partial charge in [0, 0.05) is 11.6 Å². The molecule has 0 unspecified atom stereocenters. The van der Waals surface area contributed by atoms with Crippen LogP contribution in [-0.2, 0) is 10.0 Å². The summed E-state index contributed by atoms with van der Waals surface area (Å²) in [6.45, 7) is 1.82. The number of benzene rings is 1. The quantitative estimate of drug-likeness (QED) is 0.842. The van der Waals surface area contributed by atoms with Crippen LogP contribution < -0.4 is 14.8 Å². The van der Waals surface area contributed by atoms with Crippen molar-refractivity contribution in [3.63, 3.8) is 0 Å². The lowest BCUT2D eigenvalue weighted by Gasteiger charge is -2.24. The van der Waals surface area contributed by atoms with Gasteiger partial charge in [0.05, 0.1) is 9.92 Å². The first-order chi connectivity index (χ1) is 11.0. The highest BCUT2D eigenvalue weighted by Gasteiger charge is 2.20. The molecule has 3 rings (SSSR count). The van der Waals surface area contributed by atoms with Crippen LogP contribution in [0.2, 0.25) is 5.02 Å². The third kappa shape index (κ3) is 4.14. The summed E-state index contributed by atoms with van der Waals surface area (Å²) in [6, 6.07) is 4.48. The molecule has 2 aromatic rings. The van der Waals surface area contributed by atoms with E-state index in [0.29, 0.717) is 10.9 Å². The van der Waals surface area contributed by atoms with E-state index in [0.717, 1.165) is 25.9 Å². The van der Waals surface area contributed by atoms with Crippen LogP contribution in [-0.4, -0.2) is 32.6 Å². The molecule has 2 N–H and O–H groups in total. The lowest BCUT2D eigenvalue weighted by Crippen LogP contribution is -2.34. The van der Waals surface area contributed by atoms with E-state index in [1.807, 2.05) is 0 Å². The molecule has 2 heterocycles. The minimum absolute atomic E-state index is 0.0790. The number of ether oxygens (including phenoxy) is 1. The van der Waals surface area contributed by atoms with E-state index in [1.54, 1.807) is 11.4 Å². The molecule has 1 aliphatic rings. The lowest BCUT2D eigenvalue weighted by molar-refractivity contribution is 0.162. The second kappa shape index (κ2) is 7.04. The zero-order chi connectivity index (χ0) is 16.3. The molecule has 9 heteroatoms. The monoisotopic (exact) mass is 373 g/mol. The Labute approximate surface area is 143 Å². The van der Waals surface area contributed by atoms with Crippen molar-refractivity contribution in [2.75, 3.05) is 17.8 Å². The maximum atomic E-state index is 12.3. The molecule has 0 saturated carbocycles. The maximum absolute atomic E-state index is 12.3. The van der Waals surface area contributed by atoms with Crippen LogP contribution in [0.25, 0.3) is 0 Å². The van der Waals surface area contributed by atoms with E-state index < -0.39 is 10.0 Å². The van der Waals surface area contributed by atoms with Gasteiger partial charge in [-0.05, 0) is 44.1 Å². The fourth-order valence-corrected chi connectivity index (χ4v) is 4.39. The summed E-state index contributed by atoms with van der Waals surface area (Å²) in [4.78, 5) is 3.99. The Bertz CT molecular complexity index is 760. The third-order valence-corrected chi connectivity index (χ3v) is 5.90. The van der Waals surface area contributed by atoms with Crippen molar-refractivity contribution < 1.29 is 13.2 Å². The smallest absolute Gasteiger partial charge is 0.263 e. The zero-order valence-electron chi connectivity index (χ0n) is 12.2. The van der Waals surface area contributed by atoms with Crippen molar-refractivity contribution >= 4 is 38.1 Å². The average molecular weight is 374 g/mol. The van der Waals surface area contributed by atoms with Gasteiger partial charge in [0.15, 0.2) is 5.13 Å². The van der Waals surface area contributed by atoms with Crippen molar-refractivity contribution in [2.45, 2.75) is 23.8 Å². The van der Waals surface area contributed by atoms with E-state index in [-0.39, 0.29) is 16.0 Å². The van der Waals surface area contributed by atoms with Crippen molar-refractivity contribution in [3.8, 4) is 5.75 Å². The molecular formula is C14H16ClN3O3S2. The Morgan fingerprint density at radius 3 is 2.78 bits per heavy atom. The first-order valence-corrected chi connectivity index (χ1v) is 9.88. The Hall–Kier alpha value is -1.35. The average Bonchev–Trinajstić information content (AvgIpc) is 3.02. The van der Waals surface area contributed by atoms with Crippen molar-refractivity contribution in [1.82, 2.24) is 10.3 Å². The Morgan fingerprint density at radius 1 is 1.35 bits per heavy atom. The van der Waals surface area contributed by atoms with Gasteiger partial charge in [-0.3, -0.25) is 4.72 Å². The van der Waals surface area contributed by atoms with Crippen molar-refractivity contribution in [3.05, 3.63) is 34.8 Å². The van der Waals surface area contributed by atoms with Gasteiger partial charge in [0.25, 0.3) is 10.0 Å². The number of thiazole rings is 1. The number of sulfonamides is 1. The molecule has 1 aliphatic heterocycles. The lowest BCUT2D eigenvalue weighted by atomic mass is 10.1. The van der Waals surface area contributed by atoms with E-state index in [2.05, 4.69) is 15.0 Å². The number of nitrogens with zero attached hydrogens (tertiary/aromatic N) is 1. The molecule has 1 saturated heterocycles. The Kier molecular flexibility index (Phi) is 5.05. The molecule has 0 amide bonds. The van der Waals surface area contributed by atoms with E-state index in [1.165, 1.54) is 29.7 Å². The standard InChI is InChI=1S/C14H16ClN3O3S2/c15-12-9-11(23(19,20)18-14-17-7-8-22-14)1-2-13(12)21-10-3-5-16-6-4-10/h1-2,7-10,16H,3-6H2,(H,17,18). The molecule has 0 atom stereocenters. The summed E-state index contributed by atoms with van der Waals surface area (Å²) >= 11 is 7.40. The number of nitrogens with one attached hydrogen (secondary N) is 2. The van der Waals surface area contributed by atoms with Gasteiger partial charge in [0.1, 0.15) is 11.9 Å². The summed E-state index contributed by atoms with van der Waals surface area (Å²) in [5.41, 5.74) is 0. The summed E-state index contributed by atoms with van der Waals surface area (Å²) in [6.07, 6.45) is 3.44. The number of rotatable bonds is 5. The van der Waals surface area contributed by atoms with Gasteiger partial charge in [-0.15, -0.1) is 11.3 Å².